The van der Waals surface area contributed by atoms with Crippen LogP contribution in [0.2, 0.25) is 0 Å². The number of carbonyl (C=O) groups is 1. The van der Waals surface area contributed by atoms with Gasteiger partial charge in [0.05, 0.1) is 21.3 Å². The zero-order valence-corrected chi connectivity index (χ0v) is 15.9. The van der Waals surface area contributed by atoms with Crippen LogP contribution >= 0.6 is 15.9 Å². The van der Waals surface area contributed by atoms with Crippen molar-refractivity contribution in [2.45, 2.75) is 6.54 Å². The maximum Gasteiger partial charge on any atom is 0.244 e. The predicted octanol–water partition coefficient (Wildman–Crippen LogP) is 3.80. The highest BCUT2D eigenvalue weighted by Gasteiger charge is 2.12. The Balaban J connectivity index is 2.04. The molecule has 6 heteroatoms. The van der Waals surface area contributed by atoms with Crippen LogP contribution in [0.5, 0.6) is 17.2 Å². The van der Waals surface area contributed by atoms with Gasteiger partial charge in [0.15, 0.2) is 11.5 Å². The minimum absolute atomic E-state index is 0.195. The normalized spacial score (nSPS) is 10.6. The van der Waals surface area contributed by atoms with Gasteiger partial charge in [-0.2, -0.15) is 0 Å². The summed E-state index contributed by atoms with van der Waals surface area (Å²) >= 11 is 3.38. The number of carbonyl (C=O) groups excluding carboxylic acids is 1. The highest BCUT2D eigenvalue weighted by molar-refractivity contribution is 9.10. The van der Waals surface area contributed by atoms with Crippen molar-refractivity contribution in [3.05, 3.63) is 58.1 Å². The third-order valence-electron chi connectivity index (χ3n) is 3.54. The van der Waals surface area contributed by atoms with Crippen molar-refractivity contribution in [2.24, 2.45) is 0 Å². The van der Waals surface area contributed by atoms with Gasteiger partial charge in [-0.15, -0.1) is 0 Å². The highest BCUT2D eigenvalue weighted by atomic mass is 79.9. The minimum atomic E-state index is -0.195. The molecule has 0 heterocycles. The number of hydrogen-bond donors (Lipinski definition) is 1. The van der Waals surface area contributed by atoms with Crippen LogP contribution in [0.25, 0.3) is 6.08 Å². The van der Waals surface area contributed by atoms with E-state index in [0.717, 1.165) is 15.6 Å². The Kier molecular flexibility index (Phi) is 6.89. The van der Waals surface area contributed by atoms with Crippen LogP contribution in [0.15, 0.2) is 46.9 Å². The summed E-state index contributed by atoms with van der Waals surface area (Å²) in [7, 11) is 4.69. The molecule has 1 N–H and O–H groups in total. The Morgan fingerprint density at radius 3 is 2.20 bits per heavy atom. The SMILES string of the molecule is COc1cc(OC)c(OC)cc1CNC(=O)/C=C/c1ccc(Br)cc1. The van der Waals surface area contributed by atoms with E-state index in [2.05, 4.69) is 21.2 Å². The second-order valence-corrected chi connectivity index (χ2v) is 6.04. The maximum atomic E-state index is 12.0. The molecule has 0 radical (unpaired) electrons. The number of hydrogen-bond acceptors (Lipinski definition) is 4. The van der Waals surface area contributed by atoms with E-state index in [1.54, 1.807) is 39.5 Å². The summed E-state index contributed by atoms with van der Waals surface area (Å²) in [4.78, 5) is 12.0. The van der Waals surface area contributed by atoms with E-state index in [-0.39, 0.29) is 5.91 Å². The lowest BCUT2D eigenvalue weighted by atomic mass is 10.1. The fourth-order valence-electron chi connectivity index (χ4n) is 2.22. The Labute approximate surface area is 155 Å². The number of methoxy groups -OCH3 is 3. The Morgan fingerprint density at radius 1 is 1.00 bits per heavy atom. The second-order valence-electron chi connectivity index (χ2n) is 5.12. The lowest BCUT2D eigenvalue weighted by Gasteiger charge is -2.14. The summed E-state index contributed by atoms with van der Waals surface area (Å²) in [5.41, 5.74) is 1.74. The first-order valence-electron chi connectivity index (χ1n) is 7.57. The molecule has 132 valence electrons. The van der Waals surface area contributed by atoms with Crippen LogP contribution in [0.3, 0.4) is 0 Å². The van der Waals surface area contributed by atoms with E-state index >= 15 is 0 Å². The first-order valence-corrected chi connectivity index (χ1v) is 8.37. The van der Waals surface area contributed by atoms with Gasteiger partial charge < -0.3 is 19.5 Å². The Hall–Kier alpha value is -2.47. The summed E-state index contributed by atoms with van der Waals surface area (Å²) in [6.07, 6.45) is 3.25. The molecule has 0 aliphatic heterocycles. The second kappa shape index (κ2) is 9.13. The first-order chi connectivity index (χ1) is 12.1. The van der Waals surface area contributed by atoms with Crippen LogP contribution in [0.1, 0.15) is 11.1 Å². The Bertz CT molecular complexity index is 757. The van der Waals surface area contributed by atoms with Gasteiger partial charge in [-0.1, -0.05) is 28.1 Å². The molecular weight excluding hydrogens is 386 g/mol. The van der Waals surface area contributed by atoms with E-state index in [1.807, 2.05) is 24.3 Å². The molecule has 0 bridgehead atoms. The number of benzene rings is 2. The van der Waals surface area contributed by atoms with Crippen LogP contribution < -0.4 is 19.5 Å². The molecular formula is C19H20BrNO4. The molecule has 0 aliphatic rings. The molecule has 1 amide bonds. The van der Waals surface area contributed by atoms with Gasteiger partial charge in [0.25, 0.3) is 0 Å². The van der Waals surface area contributed by atoms with Crippen molar-refractivity contribution in [3.63, 3.8) is 0 Å². The molecule has 0 spiro atoms. The van der Waals surface area contributed by atoms with Gasteiger partial charge >= 0.3 is 0 Å². The van der Waals surface area contributed by atoms with Gasteiger partial charge in [0.1, 0.15) is 5.75 Å². The van der Waals surface area contributed by atoms with Gasteiger partial charge in [-0.05, 0) is 29.8 Å². The van der Waals surface area contributed by atoms with Crippen LogP contribution in [-0.2, 0) is 11.3 Å². The fraction of sp³-hybridized carbons (Fsp3) is 0.211. The van der Waals surface area contributed by atoms with Crippen molar-refractivity contribution < 1.29 is 19.0 Å². The number of rotatable bonds is 7. The minimum Gasteiger partial charge on any atom is -0.496 e. The Morgan fingerprint density at radius 2 is 1.60 bits per heavy atom. The highest BCUT2D eigenvalue weighted by Crippen LogP contribution is 2.34. The van der Waals surface area contributed by atoms with Crippen LogP contribution in [-0.4, -0.2) is 27.2 Å². The summed E-state index contributed by atoms with van der Waals surface area (Å²) in [5.74, 6) is 1.58. The number of amides is 1. The van der Waals surface area contributed by atoms with Gasteiger partial charge in [-0.3, -0.25) is 4.79 Å². The molecule has 5 nitrogen and oxygen atoms in total. The zero-order chi connectivity index (χ0) is 18.2. The summed E-state index contributed by atoms with van der Waals surface area (Å²) in [6, 6.07) is 11.2. The number of halogens is 1. The lowest BCUT2D eigenvalue weighted by molar-refractivity contribution is -0.116. The third-order valence-corrected chi connectivity index (χ3v) is 4.07. The summed E-state index contributed by atoms with van der Waals surface area (Å²) in [5, 5.41) is 2.83. The molecule has 2 aromatic rings. The van der Waals surface area contributed by atoms with Crippen molar-refractivity contribution in [1.29, 1.82) is 0 Å². The van der Waals surface area contributed by atoms with Gasteiger partial charge in [-0.25, -0.2) is 0 Å². The largest absolute Gasteiger partial charge is 0.496 e. The molecule has 0 saturated carbocycles. The molecule has 0 aromatic heterocycles. The zero-order valence-electron chi connectivity index (χ0n) is 14.3. The standard InChI is InChI=1S/C19H20BrNO4/c1-23-16-11-18(25-3)17(24-2)10-14(16)12-21-19(22)9-6-13-4-7-15(20)8-5-13/h4-11H,12H2,1-3H3,(H,21,22)/b9-6+. The number of ether oxygens (including phenoxy) is 3. The monoisotopic (exact) mass is 405 g/mol. The first kappa shape index (κ1) is 18.9. The van der Waals surface area contributed by atoms with Crippen molar-refractivity contribution in [3.8, 4) is 17.2 Å². The van der Waals surface area contributed by atoms with Crippen molar-refractivity contribution in [1.82, 2.24) is 5.32 Å². The molecule has 2 aromatic carbocycles. The molecule has 2 rings (SSSR count). The van der Waals surface area contributed by atoms with E-state index in [4.69, 9.17) is 14.2 Å². The summed E-state index contributed by atoms with van der Waals surface area (Å²) in [6.45, 7) is 0.313. The van der Waals surface area contributed by atoms with Gasteiger partial charge in [0.2, 0.25) is 5.91 Å². The maximum absolute atomic E-state index is 12.0. The van der Waals surface area contributed by atoms with E-state index < -0.39 is 0 Å². The van der Waals surface area contributed by atoms with Crippen LogP contribution in [0.4, 0.5) is 0 Å². The average Bonchev–Trinajstić information content (AvgIpc) is 2.65. The topological polar surface area (TPSA) is 56.8 Å². The smallest absolute Gasteiger partial charge is 0.244 e. The molecule has 0 unspecified atom stereocenters. The fourth-order valence-corrected chi connectivity index (χ4v) is 2.48. The third kappa shape index (κ3) is 5.26. The van der Waals surface area contributed by atoms with Crippen molar-refractivity contribution >= 4 is 27.9 Å². The predicted molar refractivity (Wildman–Crippen MR) is 101 cm³/mol. The van der Waals surface area contributed by atoms with E-state index in [9.17, 15) is 4.79 Å². The lowest BCUT2D eigenvalue weighted by Crippen LogP contribution is -2.20. The van der Waals surface area contributed by atoms with Crippen LogP contribution in [0, 0.1) is 0 Å². The van der Waals surface area contributed by atoms with E-state index in [0.29, 0.717) is 23.8 Å². The van der Waals surface area contributed by atoms with E-state index in [1.165, 1.54) is 6.08 Å². The molecule has 0 fully saturated rings. The van der Waals surface area contributed by atoms with Gasteiger partial charge in [0, 0.05) is 28.7 Å². The molecule has 0 atom stereocenters. The molecule has 0 saturated heterocycles. The quantitative estimate of drug-likeness (QED) is 0.711. The molecule has 0 aliphatic carbocycles. The molecule has 25 heavy (non-hydrogen) atoms. The average molecular weight is 406 g/mol. The number of nitrogens with one attached hydrogen (secondary N) is 1. The van der Waals surface area contributed by atoms with Crippen molar-refractivity contribution in [2.75, 3.05) is 21.3 Å². The summed E-state index contributed by atoms with van der Waals surface area (Å²) < 4.78 is 16.9.